The van der Waals surface area contributed by atoms with Crippen LogP contribution in [0.25, 0.3) is 0 Å². The van der Waals surface area contributed by atoms with Gasteiger partial charge in [0.25, 0.3) is 0 Å². The van der Waals surface area contributed by atoms with Gasteiger partial charge in [0.2, 0.25) is 0 Å². The topological polar surface area (TPSA) is 29.9 Å². The molecule has 0 amide bonds. The number of aryl methyl sites for hydroxylation is 1. The zero-order valence-corrected chi connectivity index (χ0v) is 13.4. The first kappa shape index (κ1) is 15.4. The van der Waals surface area contributed by atoms with E-state index in [-0.39, 0.29) is 6.04 Å². The lowest BCUT2D eigenvalue weighted by molar-refractivity contribution is 0.524. The third-order valence-corrected chi connectivity index (χ3v) is 4.74. The highest BCUT2D eigenvalue weighted by Crippen LogP contribution is 2.30. The summed E-state index contributed by atoms with van der Waals surface area (Å²) >= 11 is 7.97. The van der Waals surface area contributed by atoms with Crippen molar-refractivity contribution in [2.45, 2.75) is 30.8 Å². The molecule has 2 aromatic rings. The first-order valence-electron chi connectivity index (χ1n) is 6.82. The molecule has 0 saturated carbocycles. The van der Waals surface area contributed by atoms with Crippen LogP contribution in [0.4, 0.5) is 0 Å². The zero-order chi connectivity index (χ0) is 14.4. The summed E-state index contributed by atoms with van der Waals surface area (Å²) in [6.45, 7) is 3.12. The second-order valence-corrected chi connectivity index (χ2v) is 6.03. The zero-order valence-electron chi connectivity index (χ0n) is 11.8. The molecule has 3 nitrogen and oxygen atoms in total. The van der Waals surface area contributed by atoms with Crippen molar-refractivity contribution in [3.8, 4) is 0 Å². The lowest BCUT2D eigenvalue weighted by Gasteiger charge is -2.18. The van der Waals surface area contributed by atoms with Crippen molar-refractivity contribution in [1.82, 2.24) is 15.1 Å². The molecule has 0 fully saturated rings. The Morgan fingerprint density at radius 1 is 1.35 bits per heavy atom. The molecule has 5 heteroatoms. The molecule has 0 saturated heterocycles. The molecule has 2 rings (SSSR count). The normalized spacial score (nSPS) is 12.6. The number of hydrogen-bond acceptors (Lipinski definition) is 3. The first-order chi connectivity index (χ1) is 9.76. The van der Waals surface area contributed by atoms with Gasteiger partial charge in [0.05, 0.1) is 16.8 Å². The molecular weight excluding hydrogens is 290 g/mol. The van der Waals surface area contributed by atoms with Gasteiger partial charge in [-0.1, -0.05) is 30.7 Å². The molecule has 1 aromatic carbocycles. The van der Waals surface area contributed by atoms with Gasteiger partial charge in [0.1, 0.15) is 0 Å². The fourth-order valence-electron chi connectivity index (χ4n) is 2.09. The first-order valence-corrected chi connectivity index (χ1v) is 8.19. The van der Waals surface area contributed by atoms with Gasteiger partial charge in [0, 0.05) is 23.4 Å². The van der Waals surface area contributed by atoms with Crippen LogP contribution >= 0.6 is 23.4 Å². The Balaban J connectivity index is 2.06. The number of nitrogens with zero attached hydrogens (tertiary/aromatic N) is 2. The van der Waals surface area contributed by atoms with Crippen LogP contribution in [0.5, 0.6) is 0 Å². The average Bonchev–Trinajstić information content (AvgIpc) is 2.90. The Morgan fingerprint density at radius 2 is 2.15 bits per heavy atom. The summed E-state index contributed by atoms with van der Waals surface area (Å²) in [7, 11) is 1.99. The maximum atomic E-state index is 6.20. The monoisotopic (exact) mass is 309 g/mol. The quantitative estimate of drug-likeness (QED) is 0.784. The Labute approximate surface area is 129 Å². The van der Waals surface area contributed by atoms with E-state index in [1.807, 2.05) is 31.4 Å². The van der Waals surface area contributed by atoms with E-state index in [1.165, 1.54) is 5.69 Å². The third-order valence-electron chi connectivity index (χ3n) is 3.13. The Morgan fingerprint density at radius 3 is 2.85 bits per heavy atom. The summed E-state index contributed by atoms with van der Waals surface area (Å²) in [6, 6.07) is 10.3. The van der Waals surface area contributed by atoms with Gasteiger partial charge in [0.15, 0.2) is 0 Å². The van der Waals surface area contributed by atoms with Crippen molar-refractivity contribution in [3.63, 3.8) is 0 Å². The molecule has 1 aromatic heterocycles. The Hall–Kier alpha value is -0.970. The summed E-state index contributed by atoms with van der Waals surface area (Å²) in [5, 5.41) is 8.57. The molecule has 0 aliphatic heterocycles. The maximum Gasteiger partial charge on any atom is 0.0584 e. The summed E-state index contributed by atoms with van der Waals surface area (Å²) in [5.74, 6) is 0.926. The molecule has 1 atom stereocenters. The summed E-state index contributed by atoms with van der Waals surface area (Å²) in [6.07, 6.45) is 2.96. The van der Waals surface area contributed by atoms with E-state index in [0.717, 1.165) is 28.6 Å². The molecule has 1 heterocycles. The van der Waals surface area contributed by atoms with E-state index in [9.17, 15) is 0 Å². The third kappa shape index (κ3) is 3.78. The number of rotatable bonds is 7. The predicted octanol–water partition coefficient (Wildman–Crippen LogP) is 4.00. The lowest BCUT2D eigenvalue weighted by Crippen LogP contribution is -2.22. The van der Waals surface area contributed by atoms with Crippen molar-refractivity contribution in [2.24, 2.45) is 0 Å². The number of hydrogen-bond donors (Lipinski definition) is 1. The molecule has 0 bridgehead atoms. The van der Waals surface area contributed by atoms with Crippen LogP contribution in [0, 0.1) is 0 Å². The number of benzene rings is 1. The van der Waals surface area contributed by atoms with Gasteiger partial charge in [-0.2, -0.15) is 5.10 Å². The minimum absolute atomic E-state index is 0.269. The SMILES string of the molecule is CCCn1nccc1C(CSc1ccccc1Cl)NC. The largest absolute Gasteiger partial charge is 0.311 e. The highest BCUT2D eigenvalue weighted by atomic mass is 35.5. The number of halogens is 1. The molecular formula is C15H20ClN3S. The standard InChI is InChI=1S/C15H20ClN3S/c1-3-10-19-14(8-9-18-19)13(17-2)11-20-15-7-5-4-6-12(15)16/h4-9,13,17H,3,10-11H2,1-2H3. The lowest BCUT2D eigenvalue weighted by atomic mass is 10.2. The minimum Gasteiger partial charge on any atom is -0.311 e. The summed E-state index contributed by atoms with van der Waals surface area (Å²) in [4.78, 5) is 1.12. The van der Waals surface area contributed by atoms with E-state index in [4.69, 9.17) is 11.6 Å². The molecule has 20 heavy (non-hydrogen) atoms. The maximum absolute atomic E-state index is 6.20. The molecule has 0 aliphatic rings. The van der Waals surface area contributed by atoms with E-state index in [0.29, 0.717) is 0 Å². The van der Waals surface area contributed by atoms with Crippen LogP contribution in [0.15, 0.2) is 41.4 Å². The minimum atomic E-state index is 0.269. The van der Waals surface area contributed by atoms with Crippen LogP contribution in [-0.4, -0.2) is 22.6 Å². The molecule has 0 aliphatic carbocycles. The van der Waals surface area contributed by atoms with Crippen molar-refractivity contribution >= 4 is 23.4 Å². The molecule has 0 radical (unpaired) electrons. The van der Waals surface area contributed by atoms with Crippen LogP contribution in [0.2, 0.25) is 5.02 Å². The van der Waals surface area contributed by atoms with Crippen LogP contribution < -0.4 is 5.32 Å². The van der Waals surface area contributed by atoms with Gasteiger partial charge in [-0.25, -0.2) is 0 Å². The van der Waals surface area contributed by atoms with Gasteiger partial charge in [-0.05, 0) is 31.7 Å². The average molecular weight is 310 g/mol. The smallest absolute Gasteiger partial charge is 0.0584 e. The van der Waals surface area contributed by atoms with E-state index in [2.05, 4.69) is 34.2 Å². The van der Waals surface area contributed by atoms with E-state index < -0.39 is 0 Å². The molecule has 1 N–H and O–H groups in total. The van der Waals surface area contributed by atoms with Gasteiger partial charge in [-0.15, -0.1) is 11.8 Å². The van der Waals surface area contributed by atoms with Gasteiger partial charge < -0.3 is 5.32 Å². The van der Waals surface area contributed by atoms with E-state index >= 15 is 0 Å². The van der Waals surface area contributed by atoms with Crippen LogP contribution in [-0.2, 0) is 6.54 Å². The fourth-order valence-corrected chi connectivity index (χ4v) is 3.45. The summed E-state index contributed by atoms with van der Waals surface area (Å²) in [5.41, 5.74) is 1.23. The Kier molecular flexibility index (Phi) is 5.95. The van der Waals surface area contributed by atoms with Crippen LogP contribution in [0.3, 0.4) is 0 Å². The van der Waals surface area contributed by atoms with Crippen molar-refractivity contribution in [2.75, 3.05) is 12.8 Å². The van der Waals surface area contributed by atoms with E-state index in [1.54, 1.807) is 11.8 Å². The van der Waals surface area contributed by atoms with Crippen molar-refractivity contribution < 1.29 is 0 Å². The van der Waals surface area contributed by atoms with Crippen molar-refractivity contribution in [3.05, 3.63) is 47.2 Å². The number of nitrogens with one attached hydrogen (secondary N) is 1. The fraction of sp³-hybridized carbons (Fsp3) is 0.400. The highest BCUT2D eigenvalue weighted by Gasteiger charge is 2.15. The van der Waals surface area contributed by atoms with Gasteiger partial charge in [-0.3, -0.25) is 4.68 Å². The molecule has 108 valence electrons. The van der Waals surface area contributed by atoms with Gasteiger partial charge >= 0.3 is 0 Å². The molecule has 1 unspecified atom stereocenters. The highest BCUT2D eigenvalue weighted by molar-refractivity contribution is 7.99. The Bertz CT molecular complexity index is 541. The number of thioether (sulfide) groups is 1. The summed E-state index contributed by atoms with van der Waals surface area (Å²) < 4.78 is 2.08. The second-order valence-electron chi connectivity index (χ2n) is 4.56. The number of aromatic nitrogens is 2. The second kappa shape index (κ2) is 7.72. The van der Waals surface area contributed by atoms with Crippen LogP contribution in [0.1, 0.15) is 25.1 Å². The molecule has 0 spiro atoms. The predicted molar refractivity (Wildman–Crippen MR) is 86.5 cm³/mol. The van der Waals surface area contributed by atoms with Crippen molar-refractivity contribution in [1.29, 1.82) is 0 Å².